The molecule has 0 saturated heterocycles. The molecule has 0 atom stereocenters. The predicted octanol–water partition coefficient (Wildman–Crippen LogP) is 4.22. The number of benzene rings is 1. The van der Waals surface area contributed by atoms with Gasteiger partial charge in [0.25, 0.3) is 0 Å². The van der Waals surface area contributed by atoms with E-state index in [1.807, 2.05) is 31.2 Å². The Labute approximate surface area is 141 Å². The van der Waals surface area contributed by atoms with Crippen LogP contribution in [0.4, 0.5) is 0 Å². The summed E-state index contributed by atoms with van der Waals surface area (Å²) in [6.07, 6.45) is 0.581. The minimum atomic E-state index is -0.293. The Balaban J connectivity index is 2.38. The summed E-state index contributed by atoms with van der Waals surface area (Å²) in [7, 11) is 1.64. The summed E-state index contributed by atoms with van der Waals surface area (Å²) >= 11 is 1.43. The minimum Gasteiger partial charge on any atom is -0.497 e. The second kappa shape index (κ2) is 7.13. The van der Waals surface area contributed by atoms with E-state index in [2.05, 4.69) is 20.8 Å². The summed E-state index contributed by atoms with van der Waals surface area (Å²) in [6.45, 7) is 8.45. The zero-order chi connectivity index (χ0) is 17.0. The van der Waals surface area contributed by atoms with Crippen LogP contribution in [0.2, 0.25) is 0 Å². The fraction of sp³-hybridized carbons (Fsp3) is 0.444. The van der Waals surface area contributed by atoms with E-state index in [9.17, 15) is 4.79 Å². The molecule has 0 amide bonds. The van der Waals surface area contributed by atoms with Gasteiger partial charge in [-0.05, 0) is 24.6 Å². The number of esters is 1. The first-order chi connectivity index (χ1) is 10.8. The average molecular weight is 333 g/mol. The van der Waals surface area contributed by atoms with Crippen molar-refractivity contribution in [2.75, 3.05) is 13.7 Å². The van der Waals surface area contributed by atoms with Crippen molar-refractivity contribution in [2.24, 2.45) is 0 Å². The van der Waals surface area contributed by atoms with Gasteiger partial charge < -0.3 is 9.47 Å². The molecule has 0 unspecified atom stereocenters. The van der Waals surface area contributed by atoms with Gasteiger partial charge in [0.1, 0.15) is 10.6 Å². The van der Waals surface area contributed by atoms with Gasteiger partial charge in [0.05, 0.1) is 24.4 Å². The maximum atomic E-state index is 12.2. The standard InChI is InChI=1S/C18H23NO3S/c1-6-22-16(20)15-14(19-17(23-15)18(2,3)4)11-12-8-7-9-13(10-12)21-5/h7-10H,6,11H2,1-5H3. The lowest BCUT2D eigenvalue weighted by molar-refractivity contribution is 0.0530. The molecule has 0 saturated carbocycles. The molecular weight excluding hydrogens is 310 g/mol. The molecule has 1 heterocycles. The second-order valence-corrected chi connectivity index (χ2v) is 7.29. The number of ether oxygens (including phenoxy) is 2. The fourth-order valence-corrected chi connectivity index (χ4v) is 3.16. The van der Waals surface area contributed by atoms with Crippen molar-refractivity contribution in [3.8, 4) is 5.75 Å². The third-order valence-corrected chi connectivity index (χ3v) is 4.81. The molecular formula is C18H23NO3S. The lowest BCUT2D eigenvalue weighted by Gasteiger charge is -2.13. The maximum Gasteiger partial charge on any atom is 0.350 e. The number of rotatable bonds is 5. The molecule has 0 spiro atoms. The van der Waals surface area contributed by atoms with E-state index in [0.717, 1.165) is 22.0 Å². The molecule has 0 bridgehead atoms. The Morgan fingerprint density at radius 2 is 2.04 bits per heavy atom. The zero-order valence-corrected chi connectivity index (χ0v) is 15.1. The smallest absolute Gasteiger partial charge is 0.350 e. The number of hydrogen-bond acceptors (Lipinski definition) is 5. The fourth-order valence-electron chi connectivity index (χ4n) is 2.12. The van der Waals surface area contributed by atoms with Crippen LogP contribution in [0.5, 0.6) is 5.75 Å². The number of thiazole rings is 1. The van der Waals surface area contributed by atoms with Crippen LogP contribution in [-0.2, 0) is 16.6 Å². The molecule has 0 radical (unpaired) electrons. The minimum absolute atomic E-state index is 0.0987. The summed E-state index contributed by atoms with van der Waals surface area (Å²) in [5, 5.41) is 0.943. The van der Waals surface area contributed by atoms with Crippen LogP contribution in [0.3, 0.4) is 0 Å². The van der Waals surface area contributed by atoms with Gasteiger partial charge in [0, 0.05) is 11.8 Å². The van der Waals surface area contributed by atoms with Gasteiger partial charge in [-0.15, -0.1) is 11.3 Å². The Hall–Kier alpha value is -1.88. The van der Waals surface area contributed by atoms with Crippen molar-refractivity contribution in [1.29, 1.82) is 0 Å². The molecule has 124 valence electrons. The largest absolute Gasteiger partial charge is 0.497 e. The first-order valence-electron chi connectivity index (χ1n) is 7.65. The number of carbonyl (C=O) groups excluding carboxylic acids is 1. The van der Waals surface area contributed by atoms with Crippen molar-refractivity contribution in [3.63, 3.8) is 0 Å². The number of carbonyl (C=O) groups is 1. The molecule has 1 aromatic carbocycles. The van der Waals surface area contributed by atoms with Gasteiger partial charge in [0.2, 0.25) is 0 Å². The van der Waals surface area contributed by atoms with Gasteiger partial charge >= 0.3 is 5.97 Å². The molecule has 5 heteroatoms. The average Bonchev–Trinajstić information content (AvgIpc) is 2.92. The number of aromatic nitrogens is 1. The van der Waals surface area contributed by atoms with Crippen LogP contribution in [0, 0.1) is 0 Å². The summed E-state index contributed by atoms with van der Waals surface area (Å²) in [5.74, 6) is 0.504. The summed E-state index contributed by atoms with van der Waals surface area (Å²) in [5.41, 5.74) is 1.73. The lowest BCUT2D eigenvalue weighted by atomic mass is 9.98. The summed E-state index contributed by atoms with van der Waals surface area (Å²) in [4.78, 5) is 17.6. The monoisotopic (exact) mass is 333 g/mol. The highest BCUT2D eigenvalue weighted by molar-refractivity contribution is 7.13. The van der Waals surface area contributed by atoms with Crippen LogP contribution < -0.4 is 4.74 Å². The molecule has 23 heavy (non-hydrogen) atoms. The number of nitrogens with zero attached hydrogens (tertiary/aromatic N) is 1. The molecule has 1 aromatic heterocycles. The Kier molecular flexibility index (Phi) is 5.42. The highest BCUT2D eigenvalue weighted by atomic mass is 32.1. The number of methoxy groups -OCH3 is 1. The number of hydrogen-bond donors (Lipinski definition) is 0. The Morgan fingerprint density at radius 3 is 2.65 bits per heavy atom. The van der Waals surface area contributed by atoms with E-state index in [4.69, 9.17) is 14.5 Å². The van der Waals surface area contributed by atoms with E-state index < -0.39 is 0 Å². The van der Waals surface area contributed by atoms with E-state index in [0.29, 0.717) is 17.9 Å². The molecule has 0 aliphatic heterocycles. The maximum absolute atomic E-state index is 12.2. The molecule has 0 aliphatic carbocycles. The van der Waals surface area contributed by atoms with E-state index in [-0.39, 0.29) is 11.4 Å². The quantitative estimate of drug-likeness (QED) is 0.769. The predicted molar refractivity (Wildman–Crippen MR) is 92.6 cm³/mol. The normalized spacial score (nSPS) is 11.3. The van der Waals surface area contributed by atoms with Gasteiger partial charge in [-0.2, -0.15) is 0 Å². The van der Waals surface area contributed by atoms with Crippen LogP contribution in [0.1, 0.15) is 53.6 Å². The van der Waals surface area contributed by atoms with Crippen LogP contribution >= 0.6 is 11.3 Å². The Bertz CT molecular complexity index is 686. The zero-order valence-electron chi connectivity index (χ0n) is 14.3. The van der Waals surface area contributed by atoms with Crippen molar-refractivity contribution in [2.45, 2.75) is 39.5 Å². The molecule has 0 fully saturated rings. The first-order valence-corrected chi connectivity index (χ1v) is 8.47. The topological polar surface area (TPSA) is 48.4 Å². The molecule has 4 nitrogen and oxygen atoms in total. The second-order valence-electron chi connectivity index (χ2n) is 6.29. The van der Waals surface area contributed by atoms with Crippen LogP contribution in [0.15, 0.2) is 24.3 Å². The van der Waals surface area contributed by atoms with E-state index in [1.165, 1.54) is 11.3 Å². The van der Waals surface area contributed by atoms with Gasteiger partial charge in [-0.1, -0.05) is 32.9 Å². The molecule has 0 aliphatic rings. The van der Waals surface area contributed by atoms with E-state index >= 15 is 0 Å². The highest BCUT2D eigenvalue weighted by Crippen LogP contribution is 2.31. The SMILES string of the molecule is CCOC(=O)c1sc(C(C)(C)C)nc1Cc1cccc(OC)c1. The highest BCUT2D eigenvalue weighted by Gasteiger charge is 2.25. The lowest BCUT2D eigenvalue weighted by Crippen LogP contribution is -2.10. The summed E-state index contributed by atoms with van der Waals surface area (Å²) in [6, 6.07) is 7.81. The molecule has 2 rings (SSSR count). The Morgan fingerprint density at radius 1 is 1.30 bits per heavy atom. The van der Waals surface area contributed by atoms with Crippen LogP contribution in [-0.4, -0.2) is 24.7 Å². The van der Waals surface area contributed by atoms with Crippen molar-refractivity contribution < 1.29 is 14.3 Å². The van der Waals surface area contributed by atoms with Crippen molar-refractivity contribution >= 4 is 17.3 Å². The van der Waals surface area contributed by atoms with Crippen LogP contribution in [0.25, 0.3) is 0 Å². The molecule has 0 N–H and O–H groups in total. The third kappa shape index (κ3) is 4.32. The van der Waals surface area contributed by atoms with Gasteiger partial charge in [-0.3, -0.25) is 0 Å². The first kappa shape index (κ1) is 17.5. The van der Waals surface area contributed by atoms with Gasteiger partial charge in [-0.25, -0.2) is 9.78 Å². The van der Waals surface area contributed by atoms with Gasteiger partial charge in [0.15, 0.2) is 0 Å². The van der Waals surface area contributed by atoms with Crippen molar-refractivity contribution in [3.05, 3.63) is 45.4 Å². The van der Waals surface area contributed by atoms with Crippen molar-refractivity contribution in [1.82, 2.24) is 4.98 Å². The third-order valence-electron chi connectivity index (χ3n) is 3.31. The van der Waals surface area contributed by atoms with E-state index in [1.54, 1.807) is 7.11 Å². The summed E-state index contributed by atoms with van der Waals surface area (Å²) < 4.78 is 10.4. The molecule has 2 aromatic rings.